The lowest BCUT2D eigenvalue weighted by Gasteiger charge is -2.16. The lowest BCUT2D eigenvalue weighted by molar-refractivity contribution is -0.114. The van der Waals surface area contributed by atoms with Crippen LogP contribution in [0.15, 0.2) is 83.5 Å². The van der Waals surface area contributed by atoms with Crippen molar-refractivity contribution in [2.75, 3.05) is 18.6 Å². The van der Waals surface area contributed by atoms with E-state index in [1.54, 1.807) is 47.3 Å². The molecule has 42 heavy (non-hydrogen) atoms. The molecule has 0 aliphatic carbocycles. The summed E-state index contributed by atoms with van der Waals surface area (Å²) in [6.07, 6.45) is 8.18. The fourth-order valence-electron chi connectivity index (χ4n) is 4.26. The second-order valence-electron chi connectivity index (χ2n) is 9.24. The van der Waals surface area contributed by atoms with E-state index in [1.165, 1.54) is 30.2 Å². The zero-order valence-corrected chi connectivity index (χ0v) is 24.7. The number of nitrogens with zero attached hydrogens (tertiary/aromatic N) is 4. The van der Waals surface area contributed by atoms with Crippen LogP contribution in [0, 0.1) is 0 Å². The highest BCUT2D eigenvalue weighted by Crippen LogP contribution is 2.31. The summed E-state index contributed by atoms with van der Waals surface area (Å²) in [6, 6.07) is 17.8. The van der Waals surface area contributed by atoms with Crippen molar-refractivity contribution in [3.8, 4) is 11.5 Å². The number of hydrogen-bond donors (Lipinski definition) is 0. The number of aromatic nitrogens is 3. The first kappa shape index (κ1) is 29.0. The molecule has 11 heteroatoms. The molecule has 0 saturated carbocycles. The van der Waals surface area contributed by atoms with Gasteiger partial charge in [0.05, 0.1) is 31.1 Å². The molecule has 2 heterocycles. The Balaban J connectivity index is 1.15. The zero-order valence-electron chi connectivity index (χ0n) is 22.4. The van der Waals surface area contributed by atoms with E-state index >= 15 is 0 Å². The number of hydrogen-bond acceptors (Lipinski definition) is 7. The third-order valence-electron chi connectivity index (χ3n) is 6.39. The summed E-state index contributed by atoms with van der Waals surface area (Å²) < 4.78 is 13.9. The van der Waals surface area contributed by atoms with Crippen molar-refractivity contribution in [2.45, 2.75) is 13.2 Å². The van der Waals surface area contributed by atoms with Crippen LogP contribution in [0.1, 0.15) is 27.2 Å². The molecule has 1 aliphatic rings. The number of carbonyl (C=O) groups excluding carboxylic acids is 3. The Morgan fingerprint density at radius 3 is 2.45 bits per heavy atom. The number of rotatable bonds is 11. The highest BCUT2D eigenvalue weighted by atomic mass is 79.9. The number of benzene rings is 3. The first-order valence-electron chi connectivity index (χ1n) is 12.8. The van der Waals surface area contributed by atoms with E-state index in [4.69, 9.17) is 21.1 Å². The molecule has 212 valence electrons. The van der Waals surface area contributed by atoms with E-state index < -0.39 is 11.7 Å². The molecule has 9 nitrogen and oxygen atoms in total. The Labute approximate surface area is 255 Å². The van der Waals surface area contributed by atoms with E-state index in [9.17, 15) is 14.4 Å². The molecule has 0 fully saturated rings. The van der Waals surface area contributed by atoms with Crippen LogP contribution in [0.4, 0.5) is 5.69 Å². The van der Waals surface area contributed by atoms with Crippen LogP contribution in [0.25, 0.3) is 12.2 Å². The molecular formula is C31H24BrClN4O5. The molecule has 5 rings (SSSR count). The van der Waals surface area contributed by atoms with Crippen LogP contribution >= 0.6 is 27.5 Å². The molecule has 0 spiro atoms. The fraction of sp³-hybridized carbons (Fsp3) is 0.129. The number of Topliss-reactive ketones (excluding diaryl/α,β-unsaturated/α-hetero) is 1. The second-order valence-corrected chi connectivity index (χ2v) is 10.6. The molecule has 4 aromatic rings. The molecule has 0 unspecified atom stereocenters. The monoisotopic (exact) mass is 646 g/mol. The standard InChI is InChI=1S/C31H24BrClN4O5/c1-41-29-16-21(5-11-25(38)10-4-20-2-7-22(32)8-3-20)6-13-28(29)42-19-24-18-36(35-34-24)14-15-37-27-12-9-23(33)17-26(27)30(39)31(37)40/h2-13,16-18H,14-15,19H2,1H3/b10-4+,11-5+. The quantitative estimate of drug-likeness (QED) is 0.150. The predicted octanol–water partition coefficient (Wildman–Crippen LogP) is 5.81. The van der Waals surface area contributed by atoms with Crippen molar-refractivity contribution in [1.82, 2.24) is 15.0 Å². The molecule has 3 aromatic carbocycles. The van der Waals surface area contributed by atoms with Gasteiger partial charge in [-0.3, -0.25) is 19.1 Å². The van der Waals surface area contributed by atoms with Crippen molar-refractivity contribution in [3.63, 3.8) is 0 Å². The Morgan fingerprint density at radius 1 is 0.952 bits per heavy atom. The summed E-state index contributed by atoms with van der Waals surface area (Å²) in [6.45, 7) is 0.705. The number of amides is 1. The average molecular weight is 648 g/mol. The maximum absolute atomic E-state index is 12.4. The number of allylic oxidation sites excluding steroid dienone is 2. The lowest BCUT2D eigenvalue weighted by Crippen LogP contribution is -2.32. The number of carbonyl (C=O) groups is 3. The number of ketones is 2. The molecule has 1 aliphatic heterocycles. The Morgan fingerprint density at radius 2 is 1.69 bits per heavy atom. The van der Waals surface area contributed by atoms with Gasteiger partial charge in [0.25, 0.3) is 11.7 Å². The van der Waals surface area contributed by atoms with Crippen LogP contribution in [0.2, 0.25) is 5.02 Å². The minimum absolute atomic E-state index is 0.132. The SMILES string of the molecule is COc1cc(/C=C/C(=O)/C=C/c2ccc(Br)cc2)ccc1OCc1cn(CCN2C(=O)C(=O)c3cc(Cl)ccc32)nn1. The lowest BCUT2D eigenvalue weighted by atomic mass is 10.1. The number of methoxy groups -OCH3 is 1. The average Bonchev–Trinajstić information content (AvgIpc) is 3.55. The summed E-state index contributed by atoms with van der Waals surface area (Å²) in [4.78, 5) is 38.4. The number of halogens is 2. The molecule has 1 aromatic heterocycles. The van der Waals surface area contributed by atoms with E-state index in [1.807, 2.05) is 30.3 Å². The summed E-state index contributed by atoms with van der Waals surface area (Å²) in [5.74, 6) is -0.311. The third-order valence-corrected chi connectivity index (χ3v) is 7.15. The highest BCUT2D eigenvalue weighted by molar-refractivity contribution is 9.10. The van der Waals surface area contributed by atoms with E-state index in [0.717, 1.165) is 15.6 Å². The van der Waals surface area contributed by atoms with Gasteiger partial charge in [-0.25, -0.2) is 0 Å². The maximum atomic E-state index is 12.4. The topological polar surface area (TPSA) is 104 Å². The van der Waals surface area contributed by atoms with Crippen LogP contribution < -0.4 is 14.4 Å². The minimum atomic E-state index is -0.595. The number of fused-ring (bicyclic) bond motifs is 1. The Hall–Kier alpha value is -4.54. The van der Waals surface area contributed by atoms with Crippen molar-refractivity contribution >= 4 is 62.8 Å². The molecule has 0 saturated heterocycles. The molecular weight excluding hydrogens is 624 g/mol. The largest absolute Gasteiger partial charge is 0.493 e. The van der Waals surface area contributed by atoms with E-state index in [2.05, 4.69) is 26.2 Å². The van der Waals surface area contributed by atoms with E-state index in [0.29, 0.717) is 40.0 Å². The third kappa shape index (κ3) is 6.84. The molecule has 0 N–H and O–H groups in total. The maximum Gasteiger partial charge on any atom is 0.299 e. The van der Waals surface area contributed by atoms with Crippen LogP contribution in [0.3, 0.4) is 0 Å². The van der Waals surface area contributed by atoms with Gasteiger partial charge < -0.3 is 14.4 Å². The van der Waals surface area contributed by atoms with Gasteiger partial charge in [0.1, 0.15) is 12.3 Å². The van der Waals surface area contributed by atoms with Crippen LogP contribution in [-0.4, -0.2) is 46.1 Å². The zero-order chi connectivity index (χ0) is 29.6. The first-order chi connectivity index (χ1) is 20.3. The van der Waals surface area contributed by atoms with Gasteiger partial charge in [0, 0.05) is 16.0 Å². The predicted molar refractivity (Wildman–Crippen MR) is 163 cm³/mol. The highest BCUT2D eigenvalue weighted by Gasteiger charge is 2.35. The summed E-state index contributed by atoms with van der Waals surface area (Å²) in [7, 11) is 1.54. The minimum Gasteiger partial charge on any atom is -0.493 e. The molecule has 0 bridgehead atoms. The van der Waals surface area contributed by atoms with E-state index in [-0.39, 0.29) is 18.9 Å². The van der Waals surface area contributed by atoms with Gasteiger partial charge >= 0.3 is 0 Å². The molecule has 1 amide bonds. The van der Waals surface area contributed by atoms with Gasteiger partial charge in [-0.2, -0.15) is 0 Å². The van der Waals surface area contributed by atoms with Crippen molar-refractivity contribution in [3.05, 3.63) is 111 Å². The van der Waals surface area contributed by atoms with Gasteiger partial charge in [0.2, 0.25) is 0 Å². The number of anilines is 1. The summed E-state index contributed by atoms with van der Waals surface area (Å²) >= 11 is 9.37. The van der Waals surface area contributed by atoms with Crippen molar-refractivity contribution in [1.29, 1.82) is 0 Å². The smallest absolute Gasteiger partial charge is 0.299 e. The van der Waals surface area contributed by atoms with Gasteiger partial charge in [-0.05, 0) is 65.7 Å². The second kappa shape index (κ2) is 13.0. The summed E-state index contributed by atoms with van der Waals surface area (Å²) in [5.41, 5.74) is 3.10. The normalized spacial score (nSPS) is 12.9. The summed E-state index contributed by atoms with van der Waals surface area (Å²) in [5, 5.41) is 8.64. The van der Waals surface area contributed by atoms with Gasteiger partial charge in [-0.1, -0.05) is 63.1 Å². The van der Waals surface area contributed by atoms with Crippen LogP contribution in [-0.2, 0) is 22.7 Å². The molecule has 0 atom stereocenters. The van der Waals surface area contributed by atoms with Crippen LogP contribution in [0.5, 0.6) is 11.5 Å². The fourth-order valence-corrected chi connectivity index (χ4v) is 4.69. The van der Waals surface area contributed by atoms with Crippen molar-refractivity contribution < 1.29 is 23.9 Å². The first-order valence-corrected chi connectivity index (χ1v) is 14.0. The molecule has 0 radical (unpaired) electrons. The Bertz CT molecular complexity index is 1710. The van der Waals surface area contributed by atoms with Gasteiger partial charge in [0.15, 0.2) is 17.3 Å². The number of ether oxygens (including phenoxy) is 2. The Kier molecular flexibility index (Phi) is 8.94. The van der Waals surface area contributed by atoms with Crippen molar-refractivity contribution in [2.24, 2.45) is 0 Å². The van der Waals surface area contributed by atoms with Gasteiger partial charge in [-0.15, -0.1) is 5.10 Å².